The summed E-state index contributed by atoms with van der Waals surface area (Å²) in [6, 6.07) is 17.9. The van der Waals surface area contributed by atoms with Crippen LogP contribution in [0.2, 0.25) is 0 Å². The third kappa shape index (κ3) is 3.83. The fraction of sp³-hybridized carbons (Fsp3) is 0.320. The van der Waals surface area contributed by atoms with Gasteiger partial charge in [0.1, 0.15) is 17.2 Å². The van der Waals surface area contributed by atoms with Crippen LogP contribution in [0.25, 0.3) is 11.1 Å². The van der Waals surface area contributed by atoms with Crippen LogP contribution in [0.3, 0.4) is 0 Å². The smallest absolute Gasteiger partial charge is 0.213 e. The monoisotopic (exact) mass is 437 g/mol. The third-order valence-corrected chi connectivity index (χ3v) is 8.57. The van der Waals surface area contributed by atoms with Gasteiger partial charge in [-0.25, -0.2) is 4.98 Å². The first kappa shape index (κ1) is 21.5. The largest absolute Gasteiger partial charge is 0.496 e. The van der Waals surface area contributed by atoms with E-state index >= 15 is 0 Å². The standard InChI is InChI=1S/C25H28NO4P/c1-25(2,3)31-23-16(22-18(27-4)12-9-13-19(22)28-5)10-7-14-20(23)30-24(31)17-11-8-15-21(26-17)29-6/h7-15,24H,1-6H3/t24-,31?/m0/s1. The highest BCUT2D eigenvalue weighted by Gasteiger charge is 2.45. The summed E-state index contributed by atoms with van der Waals surface area (Å²) in [6.07, 6.45) is 0. The van der Waals surface area contributed by atoms with Gasteiger partial charge < -0.3 is 18.9 Å². The molecule has 0 amide bonds. The molecular weight excluding hydrogens is 409 g/mol. The number of nitrogens with zero attached hydrogens (tertiary/aromatic N) is 1. The Bertz CT molecular complexity index is 1070. The van der Waals surface area contributed by atoms with E-state index in [-0.39, 0.29) is 11.0 Å². The van der Waals surface area contributed by atoms with Crippen LogP contribution in [0, 0.1) is 0 Å². The highest BCUT2D eigenvalue weighted by atomic mass is 31.1. The molecule has 0 N–H and O–H groups in total. The van der Waals surface area contributed by atoms with Crippen LogP contribution >= 0.6 is 7.92 Å². The van der Waals surface area contributed by atoms with Crippen molar-refractivity contribution in [2.24, 2.45) is 0 Å². The van der Waals surface area contributed by atoms with Crippen molar-refractivity contribution in [2.45, 2.75) is 31.8 Å². The van der Waals surface area contributed by atoms with Gasteiger partial charge in [-0.2, -0.15) is 0 Å². The third-order valence-electron chi connectivity index (χ3n) is 5.34. The number of benzene rings is 2. The Kier molecular flexibility index (Phi) is 5.81. The second kappa shape index (κ2) is 8.39. The Balaban J connectivity index is 1.94. The van der Waals surface area contributed by atoms with Gasteiger partial charge in [-0.3, -0.25) is 0 Å². The highest BCUT2D eigenvalue weighted by Crippen LogP contribution is 2.66. The zero-order valence-electron chi connectivity index (χ0n) is 18.8. The molecule has 0 fully saturated rings. The van der Waals surface area contributed by atoms with Crippen LogP contribution in [-0.4, -0.2) is 31.5 Å². The molecule has 2 atom stereocenters. The van der Waals surface area contributed by atoms with Gasteiger partial charge in [-0.15, -0.1) is 0 Å². The summed E-state index contributed by atoms with van der Waals surface area (Å²) in [5, 5.41) is 1.18. The molecule has 1 aromatic heterocycles. The molecule has 31 heavy (non-hydrogen) atoms. The van der Waals surface area contributed by atoms with E-state index < -0.39 is 7.92 Å². The Morgan fingerprint density at radius 2 is 1.48 bits per heavy atom. The molecule has 0 bridgehead atoms. The molecule has 1 aliphatic rings. The first-order valence-electron chi connectivity index (χ1n) is 10.2. The number of fused-ring (bicyclic) bond motifs is 1. The van der Waals surface area contributed by atoms with Crippen molar-refractivity contribution in [3.63, 3.8) is 0 Å². The molecule has 2 aromatic carbocycles. The van der Waals surface area contributed by atoms with Crippen LogP contribution in [0.5, 0.6) is 23.1 Å². The SMILES string of the molecule is COc1cccc([C@H]2Oc3cccc(-c4c(OC)cccc4OC)c3P2C(C)(C)C)n1. The predicted octanol–water partition coefficient (Wildman–Crippen LogP) is 5.77. The van der Waals surface area contributed by atoms with Crippen molar-refractivity contribution < 1.29 is 18.9 Å². The second-order valence-electron chi connectivity index (χ2n) is 8.31. The highest BCUT2D eigenvalue weighted by molar-refractivity contribution is 7.68. The summed E-state index contributed by atoms with van der Waals surface area (Å²) in [6.45, 7) is 6.79. The lowest BCUT2D eigenvalue weighted by molar-refractivity contribution is 0.292. The number of rotatable bonds is 5. The number of hydrogen-bond acceptors (Lipinski definition) is 5. The summed E-state index contributed by atoms with van der Waals surface area (Å²) < 4.78 is 23.4. The number of aromatic nitrogens is 1. The van der Waals surface area contributed by atoms with E-state index in [1.54, 1.807) is 21.3 Å². The van der Waals surface area contributed by atoms with Gasteiger partial charge in [0.15, 0.2) is 5.85 Å². The number of methoxy groups -OCH3 is 3. The van der Waals surface area contributed by atoms with Gasteiger partial charge in [0.05, 0.1) is 32.6 Å². The fourth-order valence-electron chi connectivity index (χ4n) is 4.04. The lowest BCUT2D eigenvalue weighted by Crippen LogP contribution is -2.21. The van der Waals surface area contributed by atoms with Gasteiger partial charge in [-0.05, 0) is 37.3 Å². The Labute approximate surface area is 185 Å². The Morgan fingerprint density at radius 1 is 0.839 bits per heavy atom. The zero-order valence-corrected chi connectivity index (χ0v) is 19.7. The van der Waals surface area contributed by atoms with E-state index in [9.17, 15) is 0 Å². The molecule has 0 spiro atoms. The van der Waals surface area contributed by atoms with E-state index in [2.05, 4.69) is 26.8 Å². The predicted molar refractivity (Wildman–Crippen MR) is 125 cm³/mol. The van der Waals surface area contributed by atoms with Gasteiger partial charge in [-0.1, -0.05) is 45.0 Å². The molecule has 5 nitrogen and oxygen atoms in total. The minimum absolute atomic E-state index is 0.0264. The second-order valence-corrected chi connectivity index (χ2v) is 11.3. The normalized spacial score (nSPS) is 17.6. The van der Waals surface area contributed by atoms with Gasteiger partial charge in [0, 0.05) is 16.9 Å². The summed E-state index contributed by atoms with van der Waals surface area (Å²) >= 11 is 0. The quantitative estimate of drug-likeness (QED) is 0.474. The van der Waals surface area contributed by atoms with E-state index in [0.29, 0.717) is 5.88 Å². The maximum absolute atomic E-state index is 6.57. The first-order chi connectivity index (χ1) is 14.9. The lowest BCUT2D eigenvalue weighted by Gasteiger charge is -2.32. The molecular formula is C25H28NO4P. The van der Waals surface area contributed by atoms with Crippen molar-refractivity contribution in [3.8, 4) is 34.3 Å². The van der Waals surface area contributed by atoms with Crippen LogP contribution in [0.1, 0.15) is 32.3 Å². The molecule has 0 saturated carbocycles. The van der Waals surface area contributed by atoms with Crippen molar-refractivity contribution in [3.05, 3.63) is 60.3 Å². The van der Waals surface area contributed by atoms with Gasteiger partial charge >= 0.3 is 0 Å². The molecule has 2 heterocycles. The molecule has 4 rings (SSSR count). The first-order valence-corrected chi connectivity index (χ1v) is 11.6. The average molecular weight is 437 g/mol. The summed E-state index contributed by atoms with van der Waals surface area (Å²) in [5.41, 5.74) is 2.91. The van der Waals surface area contributed by atoms with Crippen molar-refractivity contribution in [1.82, 2.24) is 4.98 Å². The molecule has 0 saturated heterocycles. The summed E-state index contributed by atoms with van der Waals surface area (Å²) in [5.74, 6) is 2.87. The van der Waals surface area contributed by atoms with E-state index in [1.165, 1.54) is 5.30 Å². The van der Waals surface area contributed by atoms with E-state index in [4.69, 9.17) is 23.9 Å². The summed E-state index contributed by atoms with van der Waals surface area (Å²) in [4.78, 5) is 4.71. The minimum atomic E-state index is -0.790. The molecule has 1 aliphatic heterocycles. The fourth-order valence-corrected chi connectivity index (χ4v) is 7.08. The van der Waals surface area contributed by atoms with Crippen molar-refractivity contribution in [2.75, 3.05) is 21.3 Å². The molecule has 162 valence electrons. The number of hydrogen-bond donors (Lipinski definition) is 0. The summed E-state index contributed by atoms with van der Waals surface area (Å²) in [7, 11) is 4.22. The van der Waals surface area contributed by atoms with Gasteiger partial charge in [0.2, 0.25) is 5.88 Å². The van der Waals surface area contributed by atoms with Crippen LogP contribution in [-0.2, 0) is 0 Å². The minimum Gasteiger partial charge on any atom is -0.496 e. The number of pyridine rings is 1. The Hall–Kier alpha value is -2.78. The van der Waals surface area contributed by atoms with Crippen molar-refractivity contribution >= 4 is 13.2 Å². The van der Waals surface area contributed by atoms with Crippen LogP contribution in [0.4, 0.5) is 0 Å². The van der Waals surface area contributed by atoms with Crippen LogP contribution in [0.15, 0.2) is 54.6 Å². The molecule has 0 radical (unpaired) electrons. The Morgan fingerprint density at radius 3 is 2.10 bits per heavy atom. The average Bonchev–Trinajstić information content (AvgIpc) is 3.19. The zero-order chi connectivity index (χ0) is 22.2. The molecule has 3 aromatic rings. The lowest BCUT2D eigenvalue weighted by atomic mass is 10.0. The topological polar surface area (TPSA) is 49.8 Å². The van der Waals surface area contributed by atoms with E-state index in [0.717, 1.165) is 34.1 Å². The molecule has 1 unspecified atom stereocenters. The number of ether oxygens (including phenoxy) is 4. The van der Waals surface area contributed by atoms with Crippen molar-refractivity contribution in [1.29, 1.82) is 0 Å². The van der Waals surface area contributed by atoms with Crippen LogP contribution < -0.4 is 24.3 Å². The maximum Gasteiger partial charge on any atom is 0.213 e. The molecule has 6 heteroatoms. The van der Waals surface area contributed by atoms with E-state index in [1.807, 2.05) is 48.5 Å². The molecule has 0 aliphatic carbocycles. The van der Waals surface area contributed by atoms with Gasteiger partial charge in [0.25, 0.3) is 0 Å². The maximum atomic E-state index is 6.57.